The Balaban J connectivity index is 1.91. The van der Waals surface area contributed by atoms with Crippen molar-refractivity contribution in [3.05, 3.63) is 47.0 Å². The van der Waals surface area contributed by atoms with Crippen LogP contribution in [0.1, 0.15) is 32.0 Å². The highest BCUT2D eigenvalue weighted by atomic mass is 32.1. The Morgan fingerprint density at radius 2 is 1.96 bits per heavy atom. The minimum atomic E-state index is -0.530. The van der Waals surface area contributed by atoms with E-state index in [4.69, 9.17) is 10.5 Å². The molecule has 25 heavy (non-hydrogen) atoms. The van der Waals surface area contributed by atoms with Gasteiger partial charge in [-0.15, -0.1) is 11.3 Å². The fraction of sp³-hybridized carbons (Fsp3) is 0.278. The zero-order valence-electron chi connectivity index (χ0n) is 14.4. The second-order valence-electron chi connectivity index (χ2n) is 6.43. The summed E-state index contributed by atoms with van der Waals surface area (Å²) in [5.74, 6) is -0.237. The van der Waals surface area contributed by atoms with Crippen molar-refractivity contribution in [2.45, 2.75) is 26.2 Å². The number of nitrogens with two attached hydrogens (primary N) is 1. The predicted octanol–water partition coefficient (Wildman–Crippen LogP) is 2.96. The summed E-state index contributed by atoms with van der Waals surface area (Å²) in [6.07, 6.45) is 3.13. The molecule has 0 bridgehead atoms. The molecule has 3 N–H and O–H groups in total. The third kappa shape index (κ3) is 6.04. The van der Waals surface area contributed by atoms with Crippen LogP contribution in [0.4, 0.5) is 5.13 Å². The van der Waals surface area contributed by atoms with Gasteiger partial charge in [0.1, 0.15) is 5.75 Å². The van der Waals surface area contributed by atoms with Gasteiger partial charge in [-0.3, -0.25) is 14.9 Å². The van der Waals surface area contributed by atoms with Crippen molar-refractivity contribution < 1.29 is 14.3 Å². The summed E-state index contributed by atoms with van der Waals surface area (Å²) < 4.78 is 5.17. The molecule has 0 radical (unpaired) electrons. The lowest BCUT2D eigenvalue weighted by molar-refractivity contribution is -0.120. The lowest BCUT2D eigenvalue weighted by atomic mass is 9.93. The van der Waals surface area contributed by atoms with Crippen molar-refractivity contribution in [3.8, 4) is 5.75 Å². The maximum atomic E-state index is 12.0. The first-order valence-corrected chi connectivity index (χ1v) is 8.58. The summed E-state index contributed by atoms with van der Waals surface area (Å²) in [7, 11) is 0. The topological polar surface area (TPSA) is 94.3 Å². The molecule has 0 saturated heterocycles. The van der Waals surface area contributed by atoms with Crippen molar-refractivity contribution in [2.24, 2.45) is 5.73 Å². The molecule has 0 aliphatic heterocycles. The van der Waals surface area contributed by atoms with Gasteiger partial charge in [0.2, 0.25) is 5.91 Å². The van der Waals surface area contributed by atoms with Crippen LogP contribution in [0.25, 0.3) is 6.08 Å². The number of carbonyl (C=O) groups is 2. The van der Waals surface area contributed by atoms with Crippen molar-refractivity contribution in [1.82, 2.24) is 4.98 Å². The predicted molar refractivity (Wildman–Crippen MR) is 99.6 cm³/mol. The van der Waals surface area contributed by atoms with E-state index in [1.165, 1.54) is 17.4 Å². The standard InChI is InChI=1S/C18H21N3O3S/c1-18(2,3)14-11-25-17(20-14)21-16(23)9-6-12-4-7-13(8-5-12)24-10-15(19)22/h4-9,11H,10H2,1-3H3,(H2,19,22)(H,20,21,23). The Labute approximate surface area is 150 Å². The molecule has 2 aromatic rings. The highest BCUT2D eigenvalue weighted by Crippen LogP contribution is 2.26. The fourth-order valence-electron chi connectivity index (χ4n) is 1.82. The first kappa shape index (κ1) is 18.7. The molecule has 2 amide bonds. The number of hydrogen-bond donors (Lipinski definition) is 2. The highest BCUT2D eigenvalue weighted by Gasteiger charge is 2.17. The van der Waals surface area contributed by atoms with E-state index < -0.39 is 5.91 Å². The van der Waals surface area contributed by atoms with Gasteiger partial charge in [-0.2, -0.15) is 0 Å². The maximum absolute atomic E-state index is 12.0. The van der Waals surface area contributed by atoms with Crippen LogP contribution < -0.4 is 15.8 Å². The Kier molecular flexibility index (Phi) is 5.93. The number of rotatable bonds is 6. The largest absolute Gasteiger partial charge is 0.484 e. The van der Waals surface area contributed by atoms with Crippen molar-refractivity contribution in [1.29, 1.82) is 0 Å². The van der Waals surface area contributed by atoms with E-state index in [9.17, 15) is 9.59 Å². The van der Waals surface area contributed by atoms with Crippen LogP contribution in [0, 0.1) is 0 Å². The van der Waals surface area contributed by atoms with Gasteiger partial charge >= 0.3 is 0 Å². The van der Waals surface area contributed by atoms with Crippen LogP contribution >= 0.6 is 11.3 Å². The molecule has 0 aliphatic rings. The van der Waals surface area contributed by atoms with Crippen LogP contribution in [0.5, 0.6) is 5.75 Å². The normalized spacial score (nSPS) is 11.5. The van der Waals surface area contributed by atoms with Crippen molar-refractivity contribution in [2.75, 3.05) is 11.9 Å². The van der Waals surface area contributed by atoms with E-state index in [1.54, 1.807) is 30.3 Å². The molecular weight excluding hydrogens is 338 g/mol. The first-order chi connectivity index (χ1) is 11.7. The smallest absolute Gasteiger partial charge is 0.255 e. The van der Waals surface area contributed by atoms with Gasteiger partial charge < -0.3 is 10.5 Å². The maximum Gasteiger partial charge on any atom is 0.255 e. The number of ether oxygens (including phenoxy) is 1. The molecule has 1 aromatic heterocycles. The number of anilines is 1. The Bertz CT molecular complexity index is 774. The molecular formula is C18H21N3O3S. The number of thiazole rings is 1. The molecule has 0 spiro atoms. The summed E-state index contributed by atoms with van der Waals surface area (Å²) in [5.41, 5.74) is 6.75. The van der Waals surface area contributed by atoms with Crippen molar-refractivity contribution >= 4 is 34.4 Å². The lowest BCUT2D eigenvalue weighted by Crippen LogP contribution is -2.19. The molecule has 1 heterocycles. The number of benzene rings is 1. The number of nitrogens with one attached hydrogen (secondary N) is 1. The average molecular weight is 359 g/mol. The summed E-state index contributed by atoms with van der Waals surface area (Å²) >= 11 is 1.40. The fourth-order valence-corrected chi connectivity index (χ4v) is 2.76. The van der Waals surface area contributed by atoms with E-state index in [0.717, 1.165) is 11.3 Å². The number of carbonyl (C=O) groups excluding carboxylic acids is 2. The van der Waals surface area contributed by atoms with E-state index in [1.807, 2.05) is 5.38 Å². The molecule has 7 heteroatoms. The SMILES string of the molecule is CC(C)(C)c1csc(NC(=O)C=Cc2ccc(OCC(N)=O)cc2)n1. The zero-order valence-corrected chi connectivity index (χ0v) is 15.2. The molecule has 0 atom stereocenters. The Hall–Kier alpha value is -2.67. The van der Waals surface area contributed by atoms with Gasteiger partial charge in [0.05, 0.1) is 5.69 Å². The van der Waals surface area contributed by atoms with Gasteiger partial charge in [-0.05, 0) is 23.8 Å². The van der Waals surface area contributed by atoms with Crippen LogP contribution in [0.2, 0.25) is 0 Å². The Morgan fingerprint density at radius 1 is 1.28 bits per heavy atom. The number of hydrogen-bond acceptors (Lipinski definition) is 5. The molecule has 0 saturated carbocycles. The zero-order chi connectivity index (χ0) is 18.4. The molecule has 6 nitrogen and oxygen atoms in total. The van der Waals surface area contributed by atoms with Crippen LogP contribution in [0.15, 0.2) is 35.7 Å². The number of aromatic nitrogens is 1. The van der Waals surface area contributed by atoms with E-state index in [0.29, 0.717) is 10.9 Å². The minimum Gasteiger partial charge on any atom is -0.484 e. The molecule has 2 rings (SSSR count). The number of primary amides is 1. The quantitative estimate of drug-likeness (QED) is 0.775. The second kappa shape index (κ2) is 7.94. The summed E-state index contributed by atoms with van der Waals surface area (Å²) in [4.78, 5) is 27.1. The van der Waals surface area contributed by atoms with Crippen LogP contribution in [-0.2, 0) is 15.0 Å². The van der Waals surface area contributed by atoms with Gasteiger partial charge in [-0.25, -0.2) is 4.98 Å². The van der Waals surface area contributed by atoms with E-state index in [2.05, 4.69) is 31.1 Å². The van der Waals surface area contributed by atoms with Gasteiger partial charge in [0.15, 0.2) is 11.7 Å². The summed E-state index contributed by atoms with van der Waals surface area (Å²) in [6, 6.07) is 6.97. The molecule has 1 aromatic carbocycles. The van der Waals surface area contributed by atoms with Gasteiger partial charge in [0, 0.05) is 16.9 Å². The Morgan fingerprint density at radius 3 is 2.52 bits per heavy atom. The molecule has 0 aliphatic carbocycles. The number of amides is 2. The second-order valence-corrected chi connectivity index (χ2v) is 7.29. The summed E-state index contributed by atoms with van der Waals surface area (Å²) in [5, 5.41) is 5.28. The molecule has 0 fully saturated rings. The van der Waals surface area contributed by atoms with E-state index in [-0.39, 0.29) is 17.9 Å². The van der Waals surface area contributed by atoms with Crippen LogP contribution in [0.3, 0.4) is 0 Å². The average Bonchev–Trinajstić information content (AvgIpc) is 3.00. The molecule has 132 valence electrons. The van der Waals surface area contributed by atoms with Crippen LogP contribution in [-0.4, -0.2) is 23.4 Å². The lowest BCUT2D eigenvalue weighted by Gasteiger charge is -2.14. The summed E-state index contributed by atoms with van der Waals surface area (Å²) in [6.45, 7) is 6.06. The first-order valence-electron chi connectivity index (χ1n) is 7.70. The molecule has 0 unspecified atom stereocenters. The third-order valence-electron chi connectivity index (χ3n) is 3.19. The van der Waals surface area contributed by atoms with E-state index >= 15 is 0 Å². The van der Waals surface area contributed by atoms with Gasteiger partial charge in [0.25, 0.3) is 5.91 Å². The minimum absolute atomic E-state index is 0.0480. The van der Waals surface area contributed by atoms with Crippen molar-refractivity contribution in [3.63, 3.8) is 0 Å². The highest BCUT2D eigenvalue weighted by molar-refractivity contribution is 7.14. The monoisotopic (exact) mass is 359 g/mol. The number of nitrogens with zero attached hydrogens (tertiary/aromatic N) is 1. The third-order valence-corrected chi connectivity index (χ3v) is 3.95. The van der Waals surface area contributed by atoms with Gasteiger partial charge in [-0.1, -0.05) is 32.9 Å².